The highest BCUT2D eigenvalue weighted by atomic mass is 16.2. The SMILES string of the molecule is Nc1ccccc1NC(=O)CCCCCN1C(=O)c2ccncc2C1=O. The van der Waals surface area contributed by atoms with Gasteiger partial charge in [0.2, 0.25) is 5.91 Å². The maximum absolute atomic E-state index is 12.2. The number of carbonyl (C=O) groups excluding carboxylic acids is 3. The van der Waals surface area contributed by atoms with E-state index in [1.807, 2.05) is 6.07 Å². The Morgan fingerprint density at radius 1 is 1.04 bits per heavy atom. The van der Waals surface area contributed by atoms with E-state index in [2.05, 4.69) is 10.3 Å². The van der Waals surface area contributed by atoms with Crippen LogP contribution in [0.3, 0.4) is 0 Å². The molecular weight excluding hydrogens is 332 g/mol. The standard InChI is InChI=1S/C19H20N4O3/c20-15-6-3-4-7-16(15)22-17(24)8-2-1-5-11-23-18(25)13-9-10-21-12-14(13)19(23)26/h3-4,6-7,9-10,12H,1-2,5,8,11,20H2,(H,22,24). The molecule has 2 heterocycles. The first-order valence-electron chi connectivity index (χ1n) is 8.52. The van der Waals surface area contributed by atoms with Crippen molar-refractivity contribution in [3.8, 4) is 0 Å². The minimum absolute atomic E-state index is 0.102. The molecule has 1 aromatic heterocycles. The molecule has 7 nitrogen and oxygen atoms in total. The summed E-state index contributed by atoms with van der Waals surface area (Å²) in [5.74, 6) is -0.671. The third-order valence-electron chi connectivity index (χ3n) is 4.29. The van der Waals surface area contributed by atoms with Crippen LogP contribution < -0.4 is 11.1 Å². The molecule has 1 aliphatic rings. The van der Waals surface area contributed by atoms with E-state index < -0.39 is 0 Å². The van der Waals surface area contributed by atoms with Gasteiger partial charge in [-0.1, -0.05) is 18.6 Å². The summed E-state index contributed by atoms with van der Waals surface area (Å²) in [6.07, 6.45) is 5.35. The largest absolute Gasteiger partial charge is 0.397 e. The molecule has 2 aromatic rings. The van der Waals surface area contributed by atoms with E-state index in [9.17, 15) is 14.4 Å². The van der Waals surface area contributed by atoms with E-state index in [-0.39, 0.29) is 17.7 Å². The maximum Gasteiger partial charge on any atom is 0.263 e. The van der Waals surface area contributed by atoms with Crippen molar-refractivity contribution in [2.24, 2.45) is 0 Å². The van der Waals surface area contributed by atoms with Crippen molar-refractivity contribution in [3.63, 3.8) is 0 Å². The summed E-state index contributed by atoms with van der Waals surface area (Å²) < 4.78 is 0. The lowest BCUT2D eigenvalue weighted by molar-refractivity contribution is -0.116. The lowest BCUT2D eigenvalue weighted by Gasteiger charge is -2.13. The summed E-state index contributed by atoms with van der Waals surface area (Å²) in [6.45, 7) is 0.347. The fourth-order valence-corrected chi connectivity index (χ4v) is 2.89. The number of fused-ring (bicyclic) bond motifs is 1. The number of nitrogens with one attached hydrogen (secondary N) is 1. The third-order valence-corrected chi connectivity index (χ3v) is 4.29. The molecule has 0 atom stereocenters. The number of amides is 3. The number of unbranched alkanes of at least 4 members (excludes halogenated alkanes) is 2. The van der Waals surface area contributed by atoms with E-state index >= 15 is 0 Å². The Kier molecular flexibility index (Phi) is 5.26. The quantitative estimate of drug-likeness (QED) is 0.452. The molecule has 3 rings (SSSR count). The van der Waals surface area contributed by atoms with Gasteiger partial charge in [-0.25, -0.2) is 0 Å². The van der Waals surface area contributed by atoms with Crippen molar-refractivity contribution >= 4 is 29.1 Å². The first-order chi connectivity index (χ1) is 12.6. The average molecular weight is 352 g/mol. The highest BCUT2D eigenvalue weighted by Gasteiger charge is 2.34. The fourth-order valence-electron chi connectivity index (χ4n) is 2.89. The summed E-state index contributed by atoms with van der Waals surface area (Å²) in [7, 11) is 0. The van der Waals surface area contributed by atoms with Crippen molar-refractivity contribution in [1.29, 1.82) is 0 Å². The fraction of sp³-hybridized carbons (Fsp3) is 0.263. The zero-order valence-corrected chi connectivity index (χ0v) is 14.3. The molecule has 7 heteroatoms. The Hall–Kier alpha value is -3.22. The van der Waals surface area contributed by atoms with Gasteiger partial charge in [-0.3, -0.25) is 24.3 Å². The third kappa shape index (κ3) is 3.72. The second-order valence-corrected chi connectivity index (χ2v) is 6.13. The molecule has 134 valence electrons. The van der Waals surface area contributed by atoms with Gasteiger partial charge in [0.05, 0.1) is 22.5 Å². The van der Waals surface area contributed by atoms with Gasteiger partial charge in [0.25, 0.3) is 11.8 Å². The van der Waals surface area contributed by atoms with Crippen molar-refractivity contribution in [2.75, 3.05) is 17.6 Å². The van der Waals surface area contributed by atoms with Gasteiger partial charge < -0.3 is 11.1 Å². The molecule has 1 aromatic carbocycles. The lowest BCUT2D eigenvalue weighted by atomic mass is 10.1. The van der Waals surface area contributed by atoms with Gasteiger partial charge in [0, 0.05) is 25.4 Å². The van der Waals surface area contributed by atoms with Gasteiger partial charge in [-0.15, -0.1) is 0 Å². The van der Waals surface area contributed by atoms with Crippen LogP contribution in [-0.2, 0) is 4.79 Å². The number of rotatable bonds is 7. The molecule has 0 spiro atoms. The Morgan fingerprint density at radius 3 is 2.58 bits per heavy atom. The number of benzene rings is 1. The first kappa shape index (κ1) is 17.6. The molecule has 26 heavy (non-hydrogen) atoms. The maximum atomic E-state index is 12.2. The molecule has 3 N–H and O–H groups in total. The van der Waals surface area contributed by atoms with Crippen LogP contribution in [0.4, 0.5) is 11.4 Å². The summed E-state index contributed by atoms with van der Waals surface area (Å²) in [6, 6.07) is 8.66. The van der Waals surface area contributed by atoms with Crippen molar-refractivity contribution in [2.45, 2.75) is 25.7 Å². The van der Waals surface area contributed by atoms with E-state index in [0.29, 0.717) is 48.3 Å². The lowest BCUT2D eigenvalue weighted by Crippen LogP contribution is -2.30. The first-order valence-corrected chi connectivity index (χ1v) is 8.52. The van der Waals surface area contributed by atoms with Crippen LogP contribution in [0.15, 0.2) is 42.7 Å². The van der Waals surface area contributed by atoms with E-state index in [1.54, 1.807) is 24.3 Å². The number of hydrogen-bond donors (Lipinski definition) is 2. The summed E-state index contributed by atoms with van der Waals surface area (Å²) >= 11 is 0. The number of anilines is 2. The number of pyridine rings is 1. The molecule has 3 amide bonds. The van der Waals surface area contributed by atoms with E-state index in [1.165, 1.54) is 17.3 Å². The van der Waals surface area contributed by atoms with Crippen LogP contribution in [0.1, 0.15) is 46.4 Å². The highest BCUT2D eigenvalue weighted by molar-refractivity contribution is 6.21. The number of carbonyl (C=O) groups is 3. The number of aromatic nitrogens is 1. The van der Waals surface area contributed by atoms with Crippen LogP contribution in [0.25, 0.3) is 0 Å². The molecule has 0 fully saturated rings. The Labute approximate surface area is 151 Å². The number of imide groups is 1. The Morgan fingerprint density at radius 2 is 1.81 bits per heavy atom. The molecule has 0 radical (unpaired) electrons. The topological polar surface area (TPSA) is 105 Å². The van der Waals surface area contributed by atoms with Crippen LogP contribution in [0.5, 0.6) is 0 Å². The molecule has 0 aliphatic carbocycles. The Bertz CT molecular complexity index is 815. The monoisotopic (exact) mass is 352 g/mol. The van der Waals surface area contributed by atoms with Gasteiger partial charge in [0.1, 0.15) is 0 Å². The zero-order valence-electron chi connectivity index (χ0n) is 14.3. The van der Waals surface area contributed by atoms with Crippen molar-refractivity contribution in [3.05, 3.63) is 53.9 Å². The van der Waals surface area contributed by atoms with Crippen molar-refractivity contribution < 1.29 is 14.4 Å². The molecule has 0 saturated heterocycles. The second kappa shape index (κ2) is 7.77. The predicted octanol–water partition coefficient (Wildman–Crippen LogP) is 2.46. The minimum atomic E-state index is -0.296. The highest BCUT2D eigenvalue weighted by Crippen LogP contribution is 2.22. The van der Waals surface area contributed by atoms with Crippen LogP contribution in [0.2, 0.25) is 0 Å². The van der Waals surface area contributed by atoms with E-state index in [4.69, 9.17) is 5.73 Å². The second-order valence-electron chi connectivity index (χ2n) is 6.13. The molecule has 0 unspecified atom stereocenters. The van der Waals surface area contributed by atoms with Crippen molar-refractivity contribution in [1.82, 2.24) is 9.88 Å². The minimum Gasteiger partial charge on any atom is -0.397 e. The number of nitrogens with two attached hydrogens (primary N) is 1. The van der Waals surface area contributed by atoms with Gasteiger partial charge >= 0.3 is 0 Å². The molecule has 0 saturated carbocycles. The summed E-state index contributed by atoms with van der Waals surface area (Å²) in [5.41, 5.74) is 7.69. The molecule has 0 bridgehead atoms. The normalized spacial score (nSPS) is 13.0. The van der Waals surface area contributed by atoms with Crippen LogP contribution in [0, 0.1) is 0 Å². The number of nitrogens with zero attached hydrogens (tertiary/aromatic N) is 2. The van der Waals surface area contributed by atoms with Crippen LogP contribution >= 0.6 is 0 Å². The van der Waals surface area contributed by atoms with Gasteiger partial charge in [-0.2, -0.15) is 0 Å². The smallest absolute Gasteiger partial charge is 0.263 e. The van der Waals surface area contributed by atoms with Crippen LogP contribution in [-0.4, -0.2) is 34.2 Å². The predicted molar refractivity (Wildman–Crippen MR) is 97.6 cm³/mol. The Balaban J connectivity index is 1.40. The molecular formula is C19H20N4O3. The number of hydrogen-bond acceptors (Lipinski definition) is 5. The number of nitrogen functional groups attached to an aromatic ring is 1. The average Bonchev–Trinajstić information content (AvgIpc) is 2.88. The van der Waals surface area contributed by atoms with Gasteiger partial charge in [-0.05, 0) is 31.0 Å². The molecule has 1 aliphatic heterocycles. The summed E-state index contributed by atoms with van der Waals surface area (Å²) in [4.78, 5) is 41.5. The summed E-state index contributed by atoms with van der Waals surface area (Å²) in [5, 5.41) is 2.78. The van der Waals surface area contributed by atoms with Gasteiger partial charge in [0.15, 0.2) is 0 Å². The number of para-hydroxylation sites is 2. The van der Waals surface area contributed by atoms with E-state index in [0.717, 1.165) is 6.42 Å². The zero-order chi connectivity index (χ0) is 18.5.